The Kier molecular flexibility index (Phi) is 4.83. The third-order valence-corrected chi connectivity index (χ3v) is 4.59. The molecule has 0 saturated heterocycles. The Bertz CT molecular complexity index is 803. The zero-order chi connectivity index (χ0) is 18.0. The first-order valence-electron chi connectivity index (χ1n) is 8.65. The van der Waals surface area contributed by atoms with Crippen LogP contribution in [0, 0.1) is 6.92 Å². The molecule has 2 heterocycles. The van der Waals surface area contributed by atoms with Crippen LogP contribution in [0.15, 0.2) is 42.6 Å². The molecule has 1 aromatic carbocycles. The molecule has 1 aliphatic rings. The van der Waals surface area contributed by atoms with Crippen molar-refractivity contribution in [2.75, 3.05) is 4.90 Å². The molecule has 0 spiro atoms. The maximum atomic E-state index is 12.9. The standard InChI is InChI=1S/C20H23N3O2/c1-4-14(3)22-18(24)12-17-19-16(9-6-10-21-19)20(25)23(17)15-8-5-7-13(2)11-15/h5-11,14,17H,4,12H2,1-3H3,(H,22,24)/t14-,17-/m1/s1. The molecule has 0 unspecified atom stereocenters. The molecular weight excluding hydrogens is 314 g/mol. The second-order valence-electron chi connectivity index (χ2n) is 6.55. The number of pyridine rings is 1. The van der Waals surface area contributed by atoms with Gasteiger partial charge in [-0.15, -0.1) is 0 Å². The summed E-state index contributed by atoms with van der Waals surface area (Å²) in [6.45, 7) is 5.99. The van der Waals surface area contributed by atoms with Crippen LogP contribution in [-0.2, 0) is 4.79 Å². The molecule has 3 rings (SSSR count). The van der Waals surface area contributed by atoms with Gasteiger partial charge < -0.3 is 5.32 Å². The van der Waals surface area contributed by atoms with E-state index in [1.165, 1.54) is 0 Å². The van der Waals surface area contributed by atoms with E-state index >= 15 is 0 Å². The molecule has 2 atom stereocenters. The van der Waals surface area contributed by atoms with Crippen molar-refractivity contribution < 1.29 is 9.59 Å². The predicted octanol–water partition coefficient (Wildman–Crippen LogP) is 3.40. The van der Waals surface area contributed by atoms with Crippen LogP contribution in [0.5, 0.6) is 0 Å². The minimum atomic E-state index is -0.380. The number of carbonyl (C=O) groups is 2. The third kappa shape index (κ3) is 3.40. The zero-order valence-electron chi connectivity index (χ0n) is 14.8. The quantitative estimate of drug-likeness (QED) is 0.909. The first-order chi connectivity index (χ1) is 12.0. The summed E-state index contributed by atoms with van der Waals surface area (Å²) in [4.78, 5) is 31.5. The number of nitrogens with one attached hydrogen (secondary N) is 1. The van der Waals surface area contributed by atoms with Gasteiger partial charge in [-0.05, 0) is 50.1 Å². The van der Waals surface area contributed by atoms with Gasteiger partial charge in [-0.3, -0.25) is 19.5 Å². The summed E-state index contributed by atoms with van der Waals surface area (Å²) >= 11 is 0. The van der Waals surface area contributed by atoms with E-state index in [2.05, 4.69) is 10.3 Å². The number of carbonyl (C=O) groups excluding carboxylic acids is 2. The SMILES string of the molecule is CC[C@@H](C)NC(=O)C[C@@H]1c2ncccc2C(=O)N1c1cccc(C)c1. The highest BCUT2D eigenvalue weighted by Gasteiger charge is 2.39. The average molecular weight is 337 g/mol. The van der Waals surface area contributed by atoms with Gasteiger partial charge in [-0.2, -0.15) is 0 Å². The Hall–Kier alpha value is -2.69. The number of benzene rings is 1. The van der Waals surface area contributed by atoms with Crippen LogP contribution in [0.4, 0.5) is 5.69 Å². The fraction of sp³-hybridized carbons (Fsp3) is 0.350. The fourth-order valence-corrected chi connectivity index (χ4v) is 3.13. The first-order valence-corrected chi connectivity index (χ1v) is 8.65. The molecule has 2 aromatic rings. The molecule has 130 valence electrons. The molecule has 5 nitrogen and oxygen atoms in total. The first kappa shape index (κ1) is 17.1. The molecule has 2 amide bonds. The number of hydrogen-bond donors (Lipinski definition) is 1. The van der Waals surface area contributed by atoms with Crippen LogP contribution in [-0.4, -0.2) is 22.8 Å². The van der Waals surface area contributed by atoms with Gasteiger partial charge >= 0.3 is 0 Å². The van der Waals surface area contributed by atoms with Crippen LogP contribution in [0.1, 0.15) is 54.3 Å². The van der Waals surface area contributed by atoms with E-state index in [0.717, 1.165) is 17.7 Å². The van der Waals surface area contributed by atoms with Crippen LogP contribution in [0.25, 0.3) is 0 Å². The van der Waals surface area contributed by atoms with E-state index in [1.807, 2.05) is 45.0 Å². The van der Waals surface area contributed by atoms with Crippen molar-refractivity contribution in [1.82, 2.24) is 10.3 Å². The van der Waals surface area contributed by atoms with Gasteiger partial charge in [0.15, 0.2) is 0 Å². The number of amides is 2. The molecule has 1 N–H and O–H groups in total. The number of aromatic nitrogens is 1. The Morgan fingerprint density at radius 1 is 1.32 bits per heavy atom. The topological polar surface area (TPSA) is 62.3 Å². The summed E-state index contributed by atoms with van der Waals surface area (Å²) in [5.74, 6) is -0.168. The number of hydrogen-bond acceptors (Lipinski definition) is 3. The molecule has 0 bridgehead atoms. The summed E-state index contributed by atoms with van der Waals surface area (Å²) in [5.41, 5.74) is 3.11. The summed E-state index contributed by atoms with van der Waals surface area (Å²) in [5, 5.41) is 2.98. The van der Waals surface area contributed by atoms with Crippen molar-refractivity contribution in [2.45, 2.75) is 45.7 Å². The van der Waals surface area contributed by atoms with Crippen LogP contribution in [0.2, 0.25) is 0 Å². The lowest BCUT2D eigenvalue weighted by Gasteiger charge is -2.25. The number of rotatable bonds is 5. The van der Waals surface area contributed by atoms with Crippen LogP contribution < -0.4 is 10.2 Å². The summed E-state index contributed by atoms with van der Waals surface area (Å²) in [7, 11) is 0. The smallest absolute Gasteiger partial charge is 0.260 e. The molecule has 5 heteroatoms. The number of anilines is 1. The number of nitrogens with zero attached hydrogens (tertiary/aromatic N) is 2. The van der Waals surface area contributed by atoms with E-state index in [4.69, 9.17) is 0 Å². The number of fused-ring (bicyclic) bond motifs is 1. The van der Waals surface area contributed by atoms with E-state index in [-0.39, 0.29) is 30.3 Å². The second-order valence-corrected chi connectivity index (χ2v) is 6.55. The average Bonchev–Trinajstić information content (AvgIpc) is 2.87. The van der Waals surface area contributed by atoms with Gasteiger partial charge in [0.25, 0.3) is 5.91 Å². The largest absolute Gasteiger partial charge is 0.354 e. The highest BCUT2D eigenvalue weighted by Crippen LogP contribution is 2.38. The van der Waals surface area contributed by atoms with Crippen molar-refractivity contribution >= 4 is 17.5 Å². The molecule has 0 saturated carbocycles. The highest BCUT2D eigenvalue weighted by atomic mass is 16.2. The normalized spacial score (nSPS) is 17.3. The molecule has 0 fully saturated rings. The second kappa shape index (κ2) is 7.05. The summed E-state index contributed by atoms with van der Waals surface area (Å²) < 4.78 is 0. The van der Waals surface area contributed by atoms with Crippen molar-refractivity contribution in [3.63, 3.8) is 0 Å². The highest BCUT2D eigenvalue weighted by molar-refractivity contribution is 6.11. The Labute approximate surface area is 148 Å². The van der Waals surface area contributed by atoms with E-state index in [0.29, 0.717) is 11.3 Å². The van der Waals surface area contributed by atoms with Gasteiger partial charge in [0, 0.05) is 17.9 Å². The van der Waals surface area contributed by atoms with Crippen LogP contribution >= 0.6 is 0 Å². The van der Waals surface area contributed by atoms with Gasteiger partial charge in [0.2, 0.25) is 5.91 Å². The van der Waals surface area contributed by atoms with E-state index < -0.39 is 0 Å². The lowest BCUT2D eigenvalue weighted by atomic mass is 10.1. The van der Waals surface area contributed by atoms with Crippen molar-refractivity contribution in [3.8, 4) is 0 Å². The summed E-state index contributed by atoms with van der Waals surface area (Å²) in [6, 6.07) is 11.0. The zero-order valence-corrected chi connectivity index (χ0v) is 14.8. The predicted molar refractivity (Wildman–Crippen MR) is 97.5 cm³/mol. The Morgan fingerprint density at radius 2 is 2.12 bits per heavy atom. The maximum Gasteiger partial charge on any atom is 0.260 e. The molecule has 25 heavy (non-hydrogen) atoms. The van der Waals surface area contributed by atoms with Gasteiger partial charge in [-0.25, -0.2) is 0 Å². The minimum absolute atomic E-state index is 0.0664. The monoisotopic (exact) mass is 337 g/mol. The van der Waals surface area contributed by atoms with Gasteiger partial charge in [0.1, 0.15) is 0 Å². The van der Waals surface area contributed by atoms with Gasteiger partial charge in [-0.1, -0.05) is 19.1 Å². The van der Waals surface area contributed by atoms with Gasteiger partial charge in [0.05, 0.1) is 23.7 Å². The Morgan fingerprint density at radius 3 is 2.84 bits per heavy atom. The van der Waals surface area contributed by atoms with E-state index in [9.17, 15) is 9.59 Å². The molecular formula is C20H23N3O2. The van der Waals surface area contributed by atoms with Crippen LogP contribution in [0.3, 0.4) is 0 Å². The maximum absolute atomic E-state index is 12.9. The number of aryl methyl sites for hydroxylation is 1. The van der Waals surface area contributed by atoms with Crippen molar-refractivity contribution in [2.24, 2.45) is 0 Å². The van der Waals surface area contributed by atoms with E-state index in [1.54, 1.807) is 23.2 Å². The van der Waals surface area contributed by atoms with Crippen molar-refractivity contribution in [1.29, 1.82) is 0 Å². The molecule has 0 radical (unpaired) electrons. The Balaban J connectivity index is 1.95. The fourth-order valence-electron chi connectivity index (χ4n) is 3.13. The van der Waals surface area contributed by atoms with Crippen molar-refractivity contribution in [3.05, 3.63) is 59.4 Å². The molecule has 1 aliphatic heterocycles. The minimum Gasteiger partial charge on any atom is -0.354 e. The lowest BCUT2D eigenvalue weighted by molar-refractivity contribution is -0.122. The third-order valence-electron chi connectivity index (χ3n) is 4.59. The molecule has 1 aromatic heterocycles. The molecule has 0 aliphatic carbocycles. The summed E-state index contributed by atoms with van der Waals surface area (Å²) in [6.07, 6.45) is 2.74. The lowest BCUT2D eigenvalue weighted by Crippen LogP contribution is -2.36.